The molecule has 1 unspecified atom stereocenters. The summed E-state index contributed by atoms with van der Waals surface area (Å²) in [5, 5.41) is 11.6. The fourth-order valence-electron chi connectivity index (χ4n) is 4.18. The maximum atomic E-state index is 13.3. The van der Waals surface area contributed by atoms with E-state index in [4.69, 9.17) is 21.1 Å². The van der Waals surface area contributed by atoms with Crippen molar-refractivity contribution >= 4 is 40.7 Å². The van der Waals surface area contributed by atoms with Gasteiger partial charge in [0.15, 0.2) is 0 Å². The SMILES string of the molecule is CCOC(=O)Cc1ccc(N2C(=O)C(=O)/C(=C(\O)c3ccc(Cl)c(OCC)c3)C2c2cccnc2)cc1. The fraction of sp³-hybridized carbons (Fsp3) is 0.214. The number of hydrogen-bond donors (Lipinski definition) is 1. The zero-order valence-electron chi connectivity index (χ0n) is 20.3. The number of Topliss-reactive ketones (excluding diaryl/α,β-unsaturated/α-hetero) is 1. The van der Waals surface area contributed by atoms with Crippen LogP contribution in [0.15, 0.2) is 72.6 Å². The molecule has 3 aromatic rings. The van der Waals surface area contributed by atoms with Crippen LogP contribution >= 0.6 is 11.6 Å². The van der Waals surface area contributed by atoms with Crippen molar-refractivity contribution in [1.82, 2.24) is 4.98 Å². The van der Waals surface area contributed by atoms with Crippen molar-refractivity contribution in [3.05, 3.63) is 94.3 Å². The highest BCUT2D eigenvalue weighted by Gasteiger charge is 2.47. The van der Waals surface area contributed by atoms with Crippen LogP contribution in [0.2, 0.25) is 5.02 Å². The Balaban J connectivity index is 1.80. The Bertz CT molecular complexity index is 1350. The number of aromatic nitrogens is 1. The molecule has 1 aliphatic rings. The van der Waals surface area contributed by atoms with E-state index >= 15 is 0 Å². The summed E-state index contributed by atoms with van der Waals surface area (Å²) in [5.41, 5.74) is 1.86. The quantitative estimate of drug-likeness (QED) is 0.195. The van der Waals surface area contributed by atoms with E-state index in [9.17, 15) is 19.5 Å². The highest BCUT2D eigenvalue weighted by atomic mass is 35.5. The number of pyridine rings is 1. The van der Waals surface area contributed by atoms with Crippen molar-refractivity contribution in [2.75, 3.05) is 18.1 Å². The van der Waals surface area contributed by atoms with E-state index in [1.807, 2.05) is 0 Å². The van der Waals surface area contributed by atoms with Gasteiger partial charge in [0.05, 0.1) is 36.3 Å². The first-order valence-corrected chi connectivity index (χ1v) is 12.1. The van der Waals surface area contributed by atoms with Gasteiger partial charge < -0.3 is 14.6 Å². The molecule has 1 atom stereocenters. The average molecular weight is 521 g/mol. The highest BCUT2D eigenvalue weighted by Crippen LogP contribution is 2.42. The van der Waals surface area contributed by atoms with Gasteiger partial charge in [-0.2, -0.15) is 0 Å². The Morgan fingerprint density at radius 1 is 1.08 bits per heavy atom. The van der Waals surface area contributed by atoms with E-state index in [1.54, 1.807) is 74.8 Å². The summed E-state index contributed by atoms with van der Waals surface area (Å²) < 4.78 is 10.5. The third kappa shape index (κ3) is 5.34. The number of esters is 1. The number of rotatable bonds is 8. The molecule has 190 valence electrons. The second kappa shape index (κ2) is 11.3. The molecular formula is C28H25ClN2O6. The number of hydrogen-bond acceptors (Lipinski definition) is 7. The molecule has 2 heterocycles. The van der Waals surface area contributed by atoms with Crippen LogP contribution in [0.25, 0.3) is 5.76 Å². The van der Waals surface area contributed by atoms with Crippen molar-refractivity contribution in [3.8, 4) is 5.75 Å². The van der Waals surface area contributed by atoms with Gasteiger partial charge >= 0.3 is 5.97 Å². The molecular weight excluding hydrogens is 496 g/mol. The molecule has 0 radical (unpaired) electrons. The van der Waals surface area contributed by atoms with Gasteiger partial charge in [-0.15, -0.1) is 0 Å². The molecule has 2 aromatic carbocycles. The molecule has 1 fully saturated rings. The summed E-state index contributed by atoms with van der Waals surface area (Å²) in [5.74, 6) is -2.01. The summed E-state index contributed by atoms with van der Waals surface area (Å²) >= 11 is 6.19. The molecule has 0 bridgehead atoms. The highest BCUT2D eigenvalue weighted by molar-refractivity contribution is 6.51. The second-order valence-corrected chi connectivity index (χ2v) is 8.59. The Kier molecular flexibility index (Phi) is 7.89. The summed E-state index contributed by atoms with van der Waals surface area (Å²) in [7, 11) is 0. The van der Waals surface area contributed by atoms with Crippen LogP contribution in [0, 0.1) is 0 Å². The number of nitrogens with zero attached hydrogens (tertiary/aromatic N) is 2. The summed E-state index contributed by atoms with van der Waals surface area (Å²) in [6.45, 7) is 4.18. The zero-order valence-corrected chi connectivity index (χ0v) is 21.1. The Hall–Kier alpha value is -4.17. The second-order valence-electron chi connectivity index (χ2n) is 8.18. The van der Waals surface area contributed by atoms with E-state index < -0.39 is 17.7 Å². The van der Waals surface area contributed by atoms with Gasteiger partial charge in [-0.3, -0.25) is 24.3 Å². The van der Waals surface area contributed by atoms with Crippen LogP contribution in [0.3, 0.4) is 0 Å². The monoisotopic (exact) mass is 520 g/mol. The molecule has 1 N–H and O–H groups in total. The lowest BCUT2D eigenvalue weighted by molar-refractivity contribution is -0.142. The lowest BCUT2D eigenvalue weighted by Gasteiger charge is -2.25. The van der Waals surface area contributed by atoms with Crippen LogP contribution in [0.5, 0.6) is 5.75 Å². The minimum absolute atomic E-state index is 0.0811. The number of amides is 1. The topological polar surface area (TPSA) is 106 Å². The number of benzene rings is 2. The molecule has 1 amide bonds. The Labute approximate surface area is 219 Å². The molecule has 1 aliphatic heterocycles. The number of aliphatic hydroxyl groups excluding tert-OH is 1. The molecule has 0 aliphatic carbocycles. The smallest absolute Gasteiger partial charge is 0.310 e. The van der Waals surface area contributed by atoms with Crippen LogP contribution in [0.4, 0.5) is 5.69 Å². The molecule has 37 heavy (non-hydrogen) atoms. The predicted octanol–water partition coefficient (Wildman–Crippen LogP) is 4.87. The fourth-order valence-corrected chi connectivity index (χ4v) is 4.35. The summed E-state index contributed by atoms with van der Waals surface area (Å²) in [6.07, 6.45) is 3.20. The van der Waals surface area contributed by atoms with Gasteiger partial charge in [-0.05, 0) is 61.4 Å². The van der Waals surface area contributed by atoms with Crippen LogP contribution in [0.1, 0.15) is 36.6 Å². The Morgan fingerprint density at radius 2 is 1.84 bits per heavy atom. The van der Waals surface area contributed by atoms with Gasteiger partial charge in [0.1, 0.15) is 11.5 Å². The molecule has 8 nitrogen and oxygen atoms in total. The largest absolute Gasteiger partial charge is 0.507 e. The van der Waals surface area contributed by atoms with Gasteiger partial charge in [0.2, 0.25) is 0 Å². The lowest BCUT2D eigenvalue weighted by Crippen LogP contribution is -2.29. The average Bonchev–Trinajstić information content (AvgIpc) is 3.16. The van der Waals surface area contributed by atoms with Gasteiger partial charge in [0, 0.05) is 23.6 Å². The summed E-state index contributed by atoms with van der Waals surface area (Å²) in [4.78, 5) is 43.9. The first-order chi connectivity index (χ1) is 17.8. The minimum Gasteiger partial charge on any atom is -0.507 e. The Morgan fingerprint density at radius 3 is 2.49 bits per heavy atom. The maximum absolute atomic E-state index is 13.3. The normalized spacial score (nSPS) is 16.6. The molecule has 1 aromatic heterocycles. The van der Waals surface area contributed by atoms with Gasteiger partial charge in [-0.25, -0.2) is 0 Å². The first kappa shape index (κ1) is 25.9. The third-order valence-electron chi connectivity index (χ3n) is 5.82. The number of aliphatic hydroxyl groups is 1. The van der Waals surface area contributed by atoms with Crippen LogP contribution < -0.4 is 9.64 Å². The van der Waals surface area contributed by atoms with Crippen molar-refractivity contribution in [2.45, 2.75) is 26.3 Å². The van der Waals surface area contributed by atoms with Crippen molar-refractivity contribution < 1.29 is 29.0 Å². The number of carbonyl (C=O) groups is 3. The number of anilines is 1. The van der Waals surface area contributed by atoms with E-state index in [0.717, 1.165) is 0 Å². The van der Waals surface area contributed by atoms with Gasteiger partial charge in [-0.1, -0.05) is 29.8 Å². The molecule has 9 heteroatoms. The van der Waals surface area contributed by atoms with Crippen LogP contribution in [-0.4, -0.2) is 41.0 Å². The first-order valence-electron chi connectivity index (χ1n) is 11.7. The molecule has 0 spiro atoms. The number of ketones is 1. The van der Waals surface area contributed by atoms with E-state index in [1.165, 1.54) is 11.0 Å². The number of ether oxygens (including phenoxy) is 2. The van der Waals surface area contributed by atoms with E-state index in [-0.39, 0.29) is 35.9 Å². The van der Waals surface area contributed by atoms with Crippen molar-refractivity contribution in [1.29, 1.82) is 0 Å². The number of carbonyl (C=O) groups excluding carboxylic acids is 3. The summed E-state index contributed by atoms with van der Waals surface area (Å²) in [6, 6.07) is 13.8. The lowest BCUT2D eigenvalue weighted by atomic mass is 9.96. The number of halogens is 1. The van der Waals surface area contributed by atoms with Gasteiger partial charge in [0.25, 0.3) is 11.7 Å². The van der Waals surface area contributed by atoms with E-state index in [0.29, 0.717) is 34.2 Å². The molecule has 4 rings (SSSR count). The van der Waals surface area contributed by atoms with E-state index in [2.05, 4.69) is 4.98 Å². The standard InChI is InChI=1S/C28H25ClN2O6/c1-3-36-22-15-18(9-12-21(22)29)26(33)24-25(19-6-5-13-30-16-19)31(28(35)27(24)34)20-10-7-17(8-11-20)14-23(32)37-4-2/h5-13,15-16,25,33H,3-4,14H2,1-2H3/b26-24-. The third-order valence-corrected chi connectivity index (χ3v) is 6.13. The molecule has 1 saturated heterocycles. The van der Waals surface area contributed by atoms with Crippen molar-refractivity contribution in [2.24, 2.45) is 0 Å². The maximum Gasteiger partial charge on any atom is 0.310 e. The predicted molar refractivity (Wildman–Crippen MR) is 138 cm³/mol. The minimum atomic E-state index is -0.934. The zero-order chi connectivity index (χ0) is 26.5. The van der Waals surface area contributed by atoms with Crippen molar-refractivity contribution in [3.63, 3.8) is 0 Å². The molecule has 0 saturated carbocycles. The van der Waals surface area contributed by atoms with Crippen LogP contribution in [-0.2, 0) is 25.5 Å².